The minimum atomic E-state index is -0.822. The molecule has 0 saturated heterocycles. The normalized spacial score (nSPS) is 12.5. The summed E-state index contributed by atoms with van der Waals surface area (Å²) in [6.07, 6.45) is 2.09. The molecule has 1 aromatic carbocycles. The lowest BCUT2D eigenvalue weighted by atomic mass is 10.1. The van der Waals surface area contributed by atoms with E-state index >= 15 is 0 Å². The minimum Gasteiger partial charge on any atom is -0.490 e. The van der Waals surface area contributed by atoms with Gasteiger partial charge in [-0.05, 0) is 25.0 Å². The number of aliphatic hydroxyl groups excluding tert-OH is 1. The SMILES string of the molecule is Cc1cccc(C)c1OCC(O)Cn1cnc2c(cnn2C)c1=O. The van der Waals surface area contributed by atoms with Gasteiger partial charge < -0.3 is 9.84 Å². The van der Waals surface area contributed by atoms with Crippen molar-refractivity contribution in [3.63, 3.8) is 0 Å². The average Bonchev–Trinajstić information content (AvgIpc) is 2.92. The maximum Gasteiger partial charge on any atom is 0.264 e. The van der Waals surface area contributed by atoms with Crippen molar-refractivity contribution in [2.24, 2.45) is 7.05 Å². The molecule has 0 aliphatic heterocycles. The monoisotopic (exact) mass is 328 g/mol. The van der Waals surface area contributed by atoms with Crippen LogP contribution in [0, 0.1) is 13.8 Å². The molecule has 2 heterocycles. The van der Waals surface area contributed by atoms with E-state index in [1.165, 1.54) is 17.1 Å². The van der Waals surface area contributed by atoms with Crippen LogP contribution >= 0.6 is 0 Å². The number of hydrogen-bond donors (Lipinski definition) is 1. The van der Waals surface area contributed by atoms with Crippen LogP contribution < -0.4 is 10.3 Å². The van der Waals surface area contributed by atoms with Crippen LogP contribution in [0.15, 0.2) is 35.5 Å². The maximum absolute atomic E-state index is 12.4. The zero-order valence-corrected chi connectivity index (χ0v) is 13.9. The fourth-order valence-electron chi connectivity index (χ4n) is 2.68. The number of hydrogen-bond acceptors (Lipinski definition) is 5. The van der Waals surface area contributed by atoms with Gasteiger partial charge in [0.1, 0.15) is 30.2 Å². The topological polar surface area (TPSA) is 82.2 Å². The molecule has 7 nitrogen and oxygen atoms in total. The van der Waals surface area contributed by atoms with Crippen molar-refractivity contribution in [1.29, 1.82) is 0 Å². The standard InChI is InChI=1S/C17H20N4O3/c1-11-5-4-6-12(2)15(11)24-9-13(22)8-21-10-18-16-14(17(21)23)7-19-20(16)3/h4-7,10,13,22H,8-9H2,1-3H3. The van der Waals surface area contributed by atoms with Crippen LogP contribution in [-0.2, 0) is 13.6 Å². The average molecular weight is 328 g/mol. The van der Waals surface area contributed by atoms with Crippen LogP contribution in [0.4, 0.5) is 0 Å². The Kier molecular flexibility index (Phi) is 4.35. The van der Waals surface area contributed by atoms with Crippen molar-refractivity contribution < 1.29 is 9.84 Å². The molecule has 0 amide bonds. The summed E-state index contributed by atoms with van der Waals surface area (Å²) in [7, 11) is 1.73. The van der Waals surface area contributed by atoms with E-state index in [0.29, 0.717) is 11.0 Å². The Bertz CT molecular complexity index is 909. The van der Waals surface area contributed by atoms with E-state index in [2.05, 4.69) is 10.1 Å². The third-order valence-electron chi connectivity index (χ3n) is 3.95. The molecule has 2 aromatic heterocycles. The molecule has 0 aliphatic rings. The summed E-state index contributed by atoms with van der Waals surface area (Å²) in [6, 6.07) is 5.88. The molecule has 3 aromatic rings. The van der Waals surface area contributed by atoms with E-state index in [1.54, 1.807) is 11.7 Å². The number of para-hydroxylation sites is 1. The van der Waals surface area contributed by atoms with E-state index < -0.39 is 6.10 Å². The second-order valence-corrected chi connectivity index (χ2v) is 5.89. The Morgan fingerprint density at radius 3 is 2.71 bits per heavy atom. The van der Waals surface area contributed by atoms with Crippen LogP contribution in [0.5, 0.6) is 5.75 Å². The molecule has 24 heavy (non-hydrogen) atoms. The largest absolute Gasteiger partial charge is 0.490 e. The fraction of sp³-hybridized carbons (Fsp3) is 0.353. The summed E-state index contributed by atoms with van der Waals surface area (Å²) in [5.41, 5.74) is 2.33. The first-order valence-electron chi connectivity index (χ1n) is 7.71. The highest BCUT2D eigenvalue weighted by molar-refractivity contribution is 5.72. The first-order valence-corrected chi connectivity index (χ1v) is 7.71. The van der Waals surface area contributed by atoms with Crippen LogP contribution in [0.3, 0.4) is 0 Å². The molecule has 0 aliphatic carbocycles. The molecule has 0 bridgehead atoms. The first-order chi connectivity index (χ1) is 11.5. The van der Waals surface area contributed by atoms with Gasteiger partial charge >= 0.3 is 0 Å². The number of nitrogens with zero attached hydrogens (tertiary/aromatic N) is 4. The lowest BCUT2D eigenvalue weighted by Gasteiger charge is -2.16. The number of aliphatic hydroxyl groups is 1. The van der Waals surface area contributed by atoms with Crippen molar-refractivity contribution in [3.05, 3.63) is 52.2 Å². The number of benzene rings is 1. The second-order valence-electron chi connectivity index (χ2n) is 5.89. The van der Waals surface area contributed by atoms with Gasteiger partial charge in [-0.3, -0.25) is 14.0 Å². The van der Waals surface area contributed by atoms with Gasteiger partial charge in [0.25, 0.3) is 5.56 Å². The predicted octanol–water partition coefficient (Wildman–Crippen LogP) is 1.19. The highest BCUT2D eigenvalue weighted by Gasteiger charge is 2.13. The van der Waals surface area contributed by atoms with E-state index in [9.17, 15) is 9.90 Å². The summed E-state index contributed by atoms with van der Waals surface area (Å²) in [5, 5.41) is 14.7. The molecule has 7 heteroatoms. The van der Waals surface area contributed by atoms with Crippen molar-refractivity contribution in [3.8, 4) is 5.75 Å². The van der Waals surface area contributed by atoms with Crippen LogP contribution in [0.2, 0.25) is 0 Å². The highest BCUT2D eigenvalue weighted by Crippen LogP contribution is 2.22. The van der Waals surface area contributed by atoms with Gasteiger partial charge in [0.05, 0.1) is 12.7 Å². The lowest BCUT2D eigenvalue weighted by molar-refractivity contribution is 0.0908. The minimum absolute atomic E-state index is 0.100. The Balaban J connectivity index is 1.72. The zero-order valence-electron chi connectivity index (χ0n) is 13.9. The van der Waals surface area contributed by atoms with E-state index in [1.807, 2.05) is 32.0 Å². The molecular formula is C17H20N4O3. The van der Waals surface area contributed by atoms with Crippen molar-refractivity contribution in [1.82, 2.24) is 19.3 Å². The molecule has 3 rings (SSSR count). The summed E-state index contributed by atoms with van der Waals surface area (Å²) >= 11 is 0. The third-order valence-corrected chi connectivity index (χ3v) is 3.95. The molecule has 1 N–H and O–H groups in total. The second kappa shape index (κ2) is 6.45. The summed E-state index contributed by atoms with van der Waals surface area (Å²) in [4.78, 5) is 16.6. The Morgan fingerprint density at radius 2 is 2.00 bits per heavy atom. The smallest absolute Gasteiger partial charge is 0.264 e. The molecule has 0 radical (unpaired) electrons. The number of rotatable bonds is 5. The van der Waals surface area contributed by atoms with Crippen molar-refractivity contribution >= 4 is 11.0 Å². The van der Waals surface area contributed by atoms with Crippen molar-refractivity contribution in [2.75, 3.05) is 6.61 Å². The number of aryl methyl sites for hydroxylation is 3. The molecule has 0 spiro atoms. The van der Waals surface area contributed by atoms with Gasteiger partial charge in [-0.25, -0.2) is 4.98 Å². The highest BCUT2D eigenvalue weighted by atomic mass is 16.5. The lowest BCUT2D eigenvalue weighted by Crippen LogP contribution is -2.30. The quantitative estimate of drug-likeness (QED) is 0.761. The van der Waals surface area contributed by atoms with Gasteiger partial charge in [-0.15, -0.1) is 0 Å². The van der Waals surface area contributed by atoms with Gasteiger partial charge in [0.15, 0.2) is 5.65 Å². The number of fused-ring (bicyclic) bond motifs is 1. The van der Waals surface area contributed by atoms with Gasteiger partial charge in [-0.2, -0.15) is 5.10 Å². The van der Waals surface area contributed by atoms with Crippen LogP contribution in [0.25, 0.3) is 11.0 Å². The molecule has 0 fully saturated rings. The zero-order chi connectivity index (χ0) is 17.3. The van der Waals surface area contributed by atoms with Crippen molar-refractivity contribution in [2.45, 2.75) is 26.5 Å². The van der Waals surface area contributed by atoms with Gasteiger partial charge in [0, 0.05) is 7.05 Å². The summed E-state index contributed by atoms with van der Waals surface area (Å²) < 4.78 is 8.65. The molecule has 126 valence electrons. The Labute approximate surface area is 139 Å². The van der Waals surface area contributed by atoms with Crippen LogP contribution in [-0.4, -0.2) is 37.1 Å². The fourth-order valence-corrected chi connectivity index (χ4v) is 2.68. The van der Waals surface area contributed by atoms with Gasteiger partial charge in [0.2, 0.25) is 0 Å². The van der Waals surface area contributed by atoms with Crippen LogP contribution in [0.1, 0.15) is 11.1 Å². The third kappa shape index (κ3) is 3.03. The van der Waals surface area contributed by atoms with Gasteiger partial charge in [-0.1, -0.05) is 18.2 Å². The van der Waals surface area contributed by atoms with E-state index in [-0.39, 0.29) is 18.7 Å². The Morgan fingerprint density at radius 1 is 1.29 bits per heavy atom. The number of ether oxygens (including phenoxy) is 1. The maximum atomic E-state index is 12.4. The molecule has 1 atom stereocenters. The number of aromatic nitrogens is 4. The molecular weight excluding hydrogens is 308 g/mol. The first kappa shape index (κ1) is 16.2. The molecule has 0 saturated carbocycles. The predicted molar refractivity (Wildman–Crippen MR) is 90.2 cm³/mol. The summed E-state index contributed by atoms with van der Waals surface area (Å²) in [5.74, 6) is 0.768. The molecule has 1 unspecified atom stereocenters. The summed E-state index contributed by atoms with van der Waals surface area (Å²) in [6.45, 7) is 4.13. The van der Waals surface area contributed by atoms with E-state index in [0.717, 1.165) is 16.9 Å². The van der Waals surface area contributed by atoms with E-state index in [4.69, 9.17) is 4.74 Å². The Hall–Kier alpha value is -2.67.